The molecule has 3 rings (SSSR count). The maximum atomic E-state index is 10.4. The van der Waals surface area contributed by atoms with E-state index in [4.69, 9.17) is 14.2 Å². The van der Waals surface area contributed by atoms with E-state index in [1.54, 1.807) is 21.3 Å². The summed E-state index contributed by atoms with van der Waals surface area (Å²) in [6, 6.07) is 23.9. The van der Waals surface area contributed by atoms with Gasteiger partial charge in [-0.25, -0.2) is 0 Å². The molecular formula is C26H31NO4. The second-order valence-electron chi connectivity index (χ2n) is 7.38. The van der Waals surface area contributed by atoms with E-state index in [2.05, 4.69) is 24.0 Å². The van der Waals surface area contributed by atoms with Crippen molar-refractivity contribution in [2.45, 2.75) is 25.6 Å². The molecule has 0 spiro atoms. The first-order valence-corrected chi connectivity index (χ1v) is 10.4. The molecule has 0 heterocycles. The van der Waals surface area contributed by atoms with Crippen molar-refractivity contribution in [1.29, 1.82) is 0 Å². The minimum Gasteiger partial charge on any atom is -0.496 e. The van der Waals surface area contributed by atoms with Crippen molar-refractivity contribution >= 4 is 0 Å². The fraction of sp³-hybridized carbons (Fsp3) is 0.308. The van der Waals surface area contributed by atoms with E-state index < -0.39 is 0 Å². The molecule has 0 fully saturated rings. The van der Waals surface area contributed by atoms with E-state index in [-0.39, 0.29) is 18.7 Å². The van der Waals surface area contributed by atoms with E-state index >= 15 is 0 Å². The Morgan fingerprint density at radius 2 is 1.29 bits per heavy atom. The molecule has 0 saturated carbocycles. The van der Waals surface area contributed by atoms with Crippen LogP contribution >= 0.6 is 0 Å². The van der Waals surface area contributed by atoms with Crippen LogP contribution in [0.3, 0.4) is 0 Å². The third-order valence-corrected chi connectivity index (χ3v) is 5.69. The van der Waals surface area contributed by atoms with Crippen molar-refractivity contribution in [3.63, 3.8) is 0 Å². The van der Waals surface area contributed by atoms with Crippen LogP contribution in [-0.4, -0.2) is 37.9 Å². The smallest absolute Gasteiger partial charge is 0.130 e. The normalized spacial score (nSPS) is 13.0. The number of methoxy groups -OCH3 is 3. The number of nitrogens with zero attached hydrogens (tertiary/aromatic N) is 1. The summed E-state index contributed by atoms with van der Waals surface area (Å²) < 4.78 is 16.8. The summed E-state index contributed by atoms with van der Waals surface area (Å²) >= 11 is 0. The molecule has 0 aliphatic rings. The van der Waals surface area contributed by atoms with Gasteiger partial charge in [0.2, 0.25) is 0 Å². The zero-order chi connectivity index (χ0) is 22.2. The van der Waals surface area contributed by atoms with Gasteiger partial charge >= 0.3 is 0 Å². The number of hydrogen-bond donors (Lipinski definition) is 1. The highest BCUT2D eigenvalue weighted by Crippen LogP contribution is 2.39. The standard InChI is InChI=1S/C26H31NO4/c1-19(20-11-7-5-8-12-20)27(24(18-28)21-13-9-6-10-14-21)17-23-25(30-3)15-22(29-2)16-26(23)31-4/h5-16,19,24,28H,17-18H2,1-4H3/t19-,24+/m1/s1. The topological polar surface area (TPSA) is 51.2 Å². The molecule has 0 aliphatic heterocycles. The number of rotatable bonds is 10. The minimum absolute atomic E-state index is 0.0119. The maximum absolute atomic E-state index is 10.4. The first-order chi connectivity index (χ1) is 15.1. The molecule has 3 aromatic carbocycles. The molecule has 0 aromatic heterocycles. The van der Waals surface area contributed by atoms with Gasteiger partial charge in [-0.1, -0.05) is 60.7 Å². The van der Waals surface area contributed by atoms with Crippen LogP contribution in [0.5, 0.6) is 17.2 Å². The quantitative estimate of drug-likeness (QED) is 0.499. The average molecular weight is 422 g/mol. The van der Waals surface area contributed by atoms with Crippen LogP contribution in [-0.2, 0) is 6.54 Å². The molecule has 0 radical (unpaired) electrons. The Kier molecular flexibility index (Phi) is 7.93. The molecule has 3 aromatic rings. The predicted molar refractivity (Wildman–Crippen MR) is 123 cm³/mol. The third kappa shape index (κ3) is 5.19. The van der Waals surface area contributed by atoms with Crippen LogP contribution in [0, 0.1) is 0 Å². The summed E-state index contributed by atoms with van der Waals surface area (Å²) in [6.07, 6.45) is 0. The second-order valence-corrected chi connectivity index (χ2v) is 7.38. The highest BCUT2D eigenvalue weighted by atomic mass is 16.5. The minimum atomic E-state index is -0.201. The lowest BCUT2D eigenvalue weighted by Gasteiger charge is -2.37. The molecule has 0 saturated heterocycles. The summed E-state index contributed by atoms with van der Waals surface area (Å²) in [4.78, 5) is 2.28. The van der Waals surface area contributed by atoms with E-state index in [0.29, 0.717) is 23.8 Å². The summed E-state index contributed by atoms with van der Waals surface area (Å²) in [5, 5.41) is 10.4. The van der Waals surface area contributed by atoms with Gasteiger partial charge in [0.25, 0.3) is 0 Å². The van der Waals surface area contributed by atoms with Gasteiger partial charge in [-0.2, -0.15) is 0 Å². The lowest BCUT2D eigenvalue weighted by Crippen LogP contribution is -2.33. The van der Waals surface area contributed by atoms with Gasteiger partial charge in [0.05, 0.1) is 39.5 Å². The molecule has 0 aliphatic carbocycles. The van der Waals surface area contributed by atoms with Crippen LogP contribution in [0.4, 0.5) is 0 Å². The average Bonchev–Trinajstić information content (AvgIpc) is 2.84. The van der Waals surface area contributed by atoms with E-state index in [1.807, 2.05) is 60.7 Å². The van der Waals surface area contributed by atoms with Gasteiger partial charge < -0.3 is 19.3 Å². The third-order valence-electron chi connectivity index (χ3n) is 5.69. The first-order valence-electron chi connectivity index (χ1n) is 10.4. The van der Waals surface area contributed by atoms with Crippen molar-refractivity contribution < 1.29 is 19.3 Å². The molecule has 2 atom stereocenters. The number of ether oxygens (including phenoxy) is 3. The molecular weight excluding hydrogens is 390 g/mol. The van der Waals surface area contributed by atoms with Gasteiger partial charge in [0, 0.05) is 24.7 Å². The van der Waals surface area contributed by atoms with Gasteiger partial charge in [-0.15, -0.1) is 0 Å². The molecule has 5 heteroatoms. The SMILES string of the molecule is COc1cc(OC)c(CN([C@H](C)c2ccccc2)[C@@H](CO)c2ccccc2)c(OC)c1. The van der Waals surface area contributed by atoms with Gasteiger partial charge in [-0.3, -0.25) is 4.90 Å². The van der Waals surface area contributed by atoms with Crippen LogP contribution in [0.15, 0.2) is 72.8 Å². The van der Waals surface area contributed by atoms with Crippen molar-refractivity contribution in [2.75, 3.05) is 27.9 Å². The Bertz CT molecular complexity index is 921. The van der Waals surface area contributed by atoms with Crippen molar-refractivity contribution in [3.8, 4) is 17.2 Å². The summed E-state index contributed by atoms with van der Waals surface area (Å²) in [7, 11) is 4.90. The van der Waals surface area contributed by atoms with Crippen molar-refractivity contribution in [1.82, 2.24) is 4.90 Å². The Labute approximate surface area is 184 Å². The predicted octanol–water partition coefficient (Wildman–Crippen LogP) is 5.01. The van der Waals surface area contributed by atoms with Crippen molar-refractivity contribution in [3.05, 3.63) is 89.5 Å². The maximum Gasteiger partial charge on any atom is 0.130 e. The van der Waals surface area contributed by atoms with Gasteiger partial charge in [0.15, 0.2) is 0 Å². The lowest BCUT2D eigenvalue weighted by molar-refractivity contribution is 0.0794. The highest BCUT2D eigenvalue weighted by Gasteiger charge is 2.28. The zero-order valence-electron chi connectivity index (χ0n) is 18.6. The largest absolute Gasteiger partial charge is 0.496 e. The molecule has 0 bridgehead atoms. The Hall–Kier alpha value is -3.02. The zero-order valence-corrected chi connectivity index (χ0v) is 18.6. The van der Waals surface area contributed by atoms with Gasteiger partial charge in [0.1, 0.15) is 17.2 Å². The summed E-state index contributed by atoms with van der Waals surface area (Å²) in [5.41, 5.74) is 3.13. The highest BCUT2D eigenvalue weighted by molar-refractivity contribution is 5.51. The van der Waals surface area contributed by atoms with E-state index in [0.717, 1.165) is 11.1 Å². The molecule has 0 unspecified atom stereocenters. The lowest BCUT2D eigenvalue weighted by atomic mass is 9.99. The van der Waals surface area contributed by atoms with Crippen LogP contribution < -0.4 is 14.2 Å². The Morgan fingerprint density at radius 3 is 1.74 bits per heavy atom. The molecule has 1 N–H and O–H groups in total. The summed E-state index contributed by atoms with van der Waals surface area (Å²) in [5.74, 6) is 2.04. The number of aliphatic hydroxyl groups is 1. The second kappa shape index (κ2) is 10.8. The molecule has 0 amide bonds. The fourth-order valence-corrected chi connectivity index (χ4v) is 3.93. The van der Waals surface area contributed by atoms with Gasteiger partial charge in [-0.05, 0) is 18.1 Å². The first kappa shape index (κ1) is 22.7. The molecule has 31 heavy (non-hydrogen) atoms. The fourth-order valence-electron chi connectivity index (χ4n) is 3.93. The van der Waals surface area contributed by atoms with Crippen LogP contribution in [0.25, 0.3) is 0 Å². The number of hydrogen-bond acceptors (Lipinski definition) is 5. The van der Waals surface area contributed by atoms with Crippen LogP contribution in [0.1, 0.15) is 35.7 Å². The summed E-state index contributed by atoms with van der Waals surface area (Å²) in [6.45, 7) is 2.66. The monoisotopic (exact) mass is 421 g/mol. The van der Waals surface area contributed by atoms with Crippen LogP contribution in [0.2, 0.25) is 0 Å². The van der Waals surface area contributed by atoms with Crippen molar-refractivity contribution in [2.24, 2.45) is 0 Å². The number of aliphatic hydroxyl groups excluding tert-OH is 1. The van der Waals surface area contributed by atoms with E-state index in [9.17, 15) is 5.11 Å². The molecule has 164 valence electrons. The Balaban J connectivity index is 2.09. The molecule has 5 nitrogen and oxygen atoms in total. The number of benzene rings is 3. The Morgan fingerprint density at radius 1 is 0.774 bits per heavy atom. The van der Waals surface area contributed by atoms with E-state index in [1.165, 1.54) is 5.56 Å².